The number of hydrogen-bond donors (Lipinski definition) is 5. The van der Waals surface area contributed by atoms with E-state index < -0.39 is 11.8 Å². The molecule has 0 radical (unpaired) electrons. The van der Waals surface area contributed by atoms with Crippen LogP contribution in [0.4, 0.5) is 4.79 Å². The molecule has 10 aromatic carbocycles. The smallest absolute Gasteiger partial charge is 0.508 e. The van der Waals surface area contributed by atoms with Crippen LogP contribution in [-0.4, -0.2) is 87.6 Å². The average molecular weight is 2060 g/mol. The van der Waals surface area contributed by atoms with Crippen LogP contribution in [0.1, 0.15) is 458 Å². The minimum Gasteiger partial charge on any atom is -0.508 e. The third-order valence-electron chi connectivity index (χ3n) is 27.6. The van der Waals surface area contributed by atoms with Gasteiger partial charge in [-0.25, -0.2) is 4.79 Å². The molecule has 16 nitrogen and oxygen atoms in total. The number of aromatic hydroxyl groups is 5. The Morgan fingerprint density at radius 3 is 0.946 bits per heavy atom. The van der Waals surface area contributed by atoms with Crippen molar-refractivity contribution < 1.29 is 77.8 Å². The second-order valence-electron chi connectivity index (χ2n) is 42.1. The minimum absolute atomic E-state index is 0.0224. The van der Waals surface area contributed by atoms with Gasteiger partial charge < -0.3 is 68.2 Å². The summed E-state index contributed by atoms with van der Waals surface area (Å²) in [6.07, 6.45) is 22.8. The van der Waals surface area contributed by atoms with Crippen LogP contribution in [0.25, 0.3) is 0 Å². The predicted molar refractivity (Wildman–Crippen MR) is 625 cm³/mol. The second kappa shape index (κ2) is 76.7. The lowest BCUT2D eigenvalue weighted by Gasteiger charge is -2.23. The Balaban J connectivity index is 0.000000559. The lowest BCUT2D eigenvalue weighted by atomic mass is 9.87. The zero-order valence-corrected chi connectivity index (χ0v) is 97.8. The maximum atomic E-state index is 11.5. The van der Waals surface area contributed by atoms with Crippen molar-refractivity contribution in [3.63, 3.8) is 0 Å². The van der Waals surface area contributed by atoms with Crippen LogP contribution in [0.3, 0.4) is 0 Å². The van der Waals surface area contributed by atoms with Crippen molar-refractivity contribution in [3.8, 4) is 51.7 Å². The molecule has 2 aliphatic rings. The molecule has 12 rings (SSSR count). The summed E-state index contributed by atoms with van der Waals surface area (Å²) in [5, 5.41) is 45.3. The number of hydrogen-bond acceptors (Lipinski definition) is 16. The average Bonchev–Trinajstić information content (AvgIpc) is 0.925. The number of phenolic OH excluding ortho intramolecular Hbond substituents is 5. The molecule has 1 heterocycles. The molecule has 149 heavy (non-hydrogen) atoms. The van der Waals surface area contributed by atoms with Crippen molar-refractivity contribution in [1.82, 2.24) is 0 Å². The van der Waals surface area contributed by atoms with E-state index in [4.69, 9.17) is 68.2 Å². The van der Waals surface area contributed by atoms with Gasteiger partial charge >= 0.3 is 12.1 Å². The molecule has 0 aromatic heterocycles. The molecule has 0 spiro atoms. The highest BCUT2D eigenvalue weighted by Gasteiger charge is 2.23. The molecule has 1 aliphatic heterocycles. The maximum absolute atomic E-state index is 11.5. The second-order valence-corrected chi connectivity index (χ2v) is 42.1. The Bertz CT molecular complexity index is 4820. The molecule has 10 aromatic rings. The first-order valence-corrected chi connectivity index (χ1v) is 56.2. The van der Waals surface area contributed by atoms with Crippen LogP contribution in [0, 0.1) is 11.8 Å². The van der Waals surface area contributed by atoms with Gasteiger partial charge in [0.15, 0.2) is 18.9 Å². The molecule has 1 aliphatic carbocycles. The van der Waals surface area contributed by atoms with Gasteiger partial charge in [0.05, 0.1) is 19.1 Å². The topological polar surface area (TPSA) is 218 Å². The number of benzene rings is 10. The Labute approximate surface area is 904 Å². The van der Waals surface area contributed by atoms with Crippen molar-refractivity contribution in [3.05, 3.63) is 304 Å². The first kappa shape index (κ1) is 134. The van der Waals surface area contributed by atoms with Crippen molar-refractivity contribution >= 4 is 12.1 Å². The van der Waals surface area contributed by atoms with Gasteiger partial charge in [0, 0.05) is 13.0 Å². The lowest BCUT2D eigenvalue weighted by molar-refractivity contribution is -0.159. The van der Waals surface area contributed by atoms with Crippen LogP contribution < -0.4 is 18.9 Å². The summed E-state index contributed by atoms with van der Waals surface area (Å²) in [5.74, 6) is 11.7. The number of esters is 1. The highest BCUT2D eigenvalue weighted by atomic mass is 16.7. The minimum atomic E-state index is -0.668. The summed E-state index contributed by atoms with van der Waals surface area (Å²) >= 11 is 0. The molecular weight excluding hydrogens is 1850 g/mol. The van der Waals surface area contributed by atoms with E-state index in [1.165, 1.54) is 113 Å². The van der Waals surface area contributed by atoms with Crippen LogP contribution in [0.5, 0.6) is 51.7 Å². The standard InChI is InChI=1S/C20H32O2.C15H22O3.C15H22O2.C14H22O2.5C10H14O.C10H14.C9H18O2/c1-4-16(2)19-11-8-12-20(15-19)22-17(3)21-14-13-18-9-6-5-7-10-18;1-6-11(2)12-7-9-13(10-8-12)17-14(16)18-15(3,4)5;1-3-12(2)13-7-9-14(10-8-13)17-15-6-4-5-11-16-15;1-5-11(3)13-7-9-14(10-8-13)16-12(4)15-6-2;3*1-3-8(2)9-4-6-10(11)7-5-9;2*1-3-8(2)9-5-4-6-10(11)7-9;1-3-9(2)10-7-5-4-6-8-10;1-6-7(2)8(10)11-9(3,4)5/h8,11-12,15-18H,4-7,9-10,13-14H2,1-3H3;7-11H,6H2,1-5H3;7-10,12,15H,3-6,11H2,1-2H3;7-12H,5-6H2,1-4H3;5*4-8,11H,3H2,1-2H3;4-9H,3H2,1-2H3;7H,6H2,1-5H3. The molecule has 14 atom stereocenters. The lowest BCUT2D eigenvalue weighted by Crippen LogP contribution is -2.27. The molecule has 2 fully saturated rings. The Morgan fingerprint density at radius 2 is 0.611 bits per heavy atom. The molecule has 0 amide bonds. The number of rotatable bonds is 35. The number of carbonyl (C=O) groups excluding carboxylic acids is 2. The van der Waals surface area contributed by atoms with Crippen molar-refractivity contribution in [2.45, 2.75) is 432 Å². The molecule has 0 bridgehead atoms. The van der Waals surface area contributed by atoms with Gasteiger partial charge in [0.2, 0.25) is 0 Å². The van der Waals surface area contributed by atoms with Crippen molar-refractivity contribution in [1.29, 1.82) is 0 Å². The van der Waals surface area contributed by atoms with Crippen molar-refractivity contribution in [2.24, 2.45) is 11.8 Å². The van der Waals surface area contributed by atoms with Gasteiger partial charge in [-0.1, -0.05) is 324 Å². The molecule has 1 saturated carbocycles. The van der Waals surface area contributed by atoms with E-state index in [2.05, 4.69) is 223 Å². The van der Waals surface area contributed by atoms with Crippen LogP contribution >= 0.6 is 0 Å². The summed E-state index contributed by atoms with van der Waals surface area (Å²) in [5.41, 5.74) is 12.2. The fourth-order valence-corrected chi connectivity index (χ4v) is 15.2. The zero-order chi connectivity index (χ0) is 111. The van der Waals surface area contributed by atoms with E-state index in [1.807, 2.05) is 159 Å². The number of phenols is 5. The maximum Gasteiger partial charge on any atom is 0.514 e. The summed E-state index contributed by atoms with van der Waals surface area (Å²) in [6.45, 7) is 67.0. The van der Waals surface area contributed by atoms with Crippen molar-refractivity contribution in [2.75, 3.05) is 19.8 Å². The molecule has 5 N–H and O–H groups in total. The fraction of sp³-hybridized carbons (Fsp3) is 0.534. The van der Waals surface area contributed by atoms with Gasteiger partial charge in [-0.15, -0.1) is 0 Å². The zero-order valence-electron chi connectivity index (χ0n) is 97.8. The van der Waals surface area contributed by atoms with Gasteiger partial charge in [-0.05, 0) is 382 Å². The van der Waals surface area contributed by atoms with Crippen LogP contribution in [-0.2, 0) is 28.5 Å². The highest BCUT2D eigenvalue weighted by Crippen LogP contribution is 2.33. The number of carbonyl (C=O) groups is 2. The molecule has 14 unspecified atom stereocenters. The summed E-state index contributed by atoms with van der Waals surface area (Å²) in [6, 6.07) is 80.5. The summed E-state index contributed by atoms with van der Waals surface area (Å²) in [7, 11) is 0. The normalized spacial score (nSPS) is 15.1. The predicted octanol–water partition coefficient (Wildman–Crippen LogP) is 38.6. The van der Waals surface area contributed by atoms with E-state index in [0.29, 0.717) is 100 Å². The van der Waals surface area contributed by atoms with Crippen LogP contribution in [0.2, 0.25) is 0 Å². The molecule has 828 valence electrons. The number of ether oxygens (including phenoxy) is 9. The molecule has 16 heteroatoms. The quantitative estimate of drug-likeness (QED) is 0.0142. The summed E-state index contributed by atoms with van der Waals surface area (Å²) < 4.78 is 49.4. The SMILES string of the molecule is CCC(C)C(=O)OC(C)(C)C.CCC(C)c1ccc(O)cc1.CCC(C)c1ccc(O)cc1.CCC(C)c1ccc(O)cc1.CCC(C)c1ccc(OC(=O)OC(C)(C)C)cc1.CCC(C)c1ccc(OC2CCCCO2)cc1.CCC(C)c1cccc(O)c1.CCC(C)c1cccc(O)c1.CCC(C)c1cccc(OC(C)OCCC2CCCCC2)c1.CCC(C)c1ccccc1.CCOC(C)Oc1ccc(C(C)CC)cc1. The van der Waals surface area contributed by atoms with E-state index in [0.717, 1.165) is 107 Å². The third-order valence-corrected chi connectivity index (χ3v) is 27.6. The van der Waals surface area contributed by atoms with Gasteiger partial charge in [0.1, 0.15) is 62.9 Å². The monoisotopic (exact) mass is 2050 g/mol. The Morgan fingerprint density at radius 1 is 0.302 bits per heavy atom. The highest BCUT2D eigenvalue weighted by molar-refractivity contribution is 5.72. The summed E-state index contributed by atoms with van der Waals surface area (Å²) in [4.78, 5) is 22.6. The Hall–Kier alpha value is -10.8. The first-order valence-electron chi connectivity index (χ1n) is 56.2. The molecule has 1 saturated heterocycles. The third kappa shape index (κ3) is 60.2. The van der Waals surface area contributed by atoms with E-state index in [9.17, 15) is 9.59 Å². The Kier molecular flexibility index (Phi) is 69.1. The van der Waals surface area contributed by atoms with Gasteiger partial charge in [0.25, 0.3) is 0 Å². The molecular formula is C133H200O16. The van der Waals surface area contributed by atoms with E-state index >= 15 is 0 Å². The van der Waals surface area contributed by atoms with E-state index in [1.54, 1.807) is 81.4 Å². The van der Waals surface area contributed by atoms with E-state index in [-0.39, 0.29) is 36.4 Å². The van der Waals surface area contributed by atoms with Gasteiger partial charge in [-0.2, -0.15) is 0 Å². The van der Waals surface area contributed by atoms with Gasteiger partial charge in [-0.3, -0.25) is 4.79 Å². The largest absolute Gasteiger partial charge is 0.514 e. The fourth-order valence-electron chi connectivity index (χ4n) is 15.2. The van der Waals surface area contributed by atoms with Crippen LogP contribution in [0.15, 0.2) is 249 Å². The first-order chi connectivity index (χ1) is 70.9.